The lowest BCUT2D eigenvalue weighted by molar-refractivity contribution is -0.207. The van der Waals surface area contributed by atoms with Gasteiger partial charge in [0.15, 0.2) is 29.7 Å². The number of primary amides is 1. The molecule has 2 atom stereocenters. The van der Waals surface area contributed by atoms with Crippen molar-refractivity contribution < 1.29 is 32.2 Å². The zero-order chi connectivity index (χ0) is 29.4. The number of nitrogens with two attached hydrogens (primary N) is 1. The number of aromatic nitrogens is 6. The molecule has 11 nitrogen and oxygen atoms in total. The molecule has 0 saturated heterocycles. The molecule has 0 spiro atoms. The van der Waals surface area contributed by atoms with Crippen LogP contribution in [0.2, 0.25) is 10.0 Å². The number of hydrogen-bond donors (Lipinski definition) is 2. The molecule has 0 fully saturated rings. The molecule has 17 heteroatoms. The minimum Gasteiger partial charge on any atom is -0.438 e. The van der Waals surface area contributed by atoms with Crippen molar-refractivity contribution in [3.63, 3.8) is 0 Å². The van der Waals surface area contributed by atoms with Gasteiger partial charge >= 0.3 is 18.0 Å². The smallest absolute Gasteiger partial charge is 0.416 e. The fourth-order valence-corrected chi connectivity index (χ4v) is 4.08. The number of carbonyl (C=O) groups is 1. The van der Waals surface area contributed by atoms with E-state index >= 15 is 0 Å². The summed E-state index contributed by atoms with van der Waals surface area (Å²) in [5.74, 6) is -1.30. The van der Waals surface area contributed by atoms with Crippen LogP contribution in [0, 0.1) is 5.82 Å². The first-order chi connectivity index (χ1) is 18.8. The number of benzene rings is 2. The lowest BCUT2D eigenvalue weighted by Crippen LogP contribution is -2.37. The number of aliphatic hydroxyl groups is 1. The quantitative estimate of drug-likeness (QED) is 0.291. The minimum atomic E-state index is -5.01. The molecule has 212 valence electrons. The summed E-state index contributed by atoms with van der Waals surface area (Å²) >= 11 is 12.1. The average molecular weight is 604 g/mol. The van der Waals surface area contributed by atoms with Crippen molar-refractivity contribution in [1.29, 1.82) is 0 Å². The predicted molar refractivity (Wildman–Crippen MR) is 134 cm³/mol. The van der Waals surface area contributed by atoms with E-state index in [0.717, 1.165) is 15.4 Å². The van der Waals surface area contributed by atoms with Crippen LogP contribution in [0.15, 0.2) is 47.3 Å². The van der Waals surface area contributed by atoms with Gasteiger partial charge in [-0.05, 0) is 43.3 Å². The Hall–Kier alpha value is -3.95. The molecule has 0 radical (unpaired) electrons. The molecule has 1 amide bonds. The number of amides is 1. The third-order valence-electron chi connectivity index (χ3n) is 5.53. The van der Waals surface area contributed by atoms with Crippen LogP contribution < -0.4 is 11.4 Å². The molecule has 0 aliphatic carbocycles. The molecular formula is C23H19Cl2F4N7O4. The van der Waals surface area contributed by atoms with Crippen LogP contribution >= 0.6 is 23.2 Å². The second-order valence-corrected chi connectivity index (χ2v) is 9.23. The maximum Gasteiger partial charge on any atom is 0.416 e. The van der Waals surface area contributed by atoms with Crippen molar-refractivity contribution in [2.24, 2.45) is 5.73 Å². The predicted octanol–water partition coefficient (Wildman–Crippen LogP) is 3.87. The summed E-state index contributed by atoms with van der Waals surface area (Å²) in [6.07, 6.45) is -10.2. The van der Waals surface area contributed by atoms with Gasteiger partial charge in [0.25, 0.3) is 0 Å². The maximum absolute atomic E-state index is 14.7. The van der Waals surface area contributed by atoms with Crippen molar-refractivity contribution in [3.8, 4) is 17.1 Å². The zero-order valence-electron chi connectivity index (χ0n) is 20.3. The van der Waals surface area contributed by atoms with Crippen LogP contribution in [-0.2, 0) is 17.8 Å². The summed E-state index contributed by atoms with van der Waals surface area (Å²) in [4.78, 5) is 28.7. The number of rotatable bonds is 8. The third-order valence-corrected chi connectivity index (χ3v) is 6.09. The first kappa shape index (κ1) is 29.0. The first-order valence-corrected chi connectivity index (χ1v) is 12.1. The van der Waals surface area contributed by atoms with Gasteiger partial charge < -0.3 is 15.6 Å². The Morgan fingerprint density at radius 3 is 2.42 bits per heavy atom. The van der Waals surface area contributed by atoms with Crippen molar-refractivity contribution in [2.45, 2.75) is 38.4 Å². The van der Waals surface area contributed by atoms with E-state index in [9.17, 15) is 32.3 Å². The van der Waals surface area contributed by atoms with Gasteiger partial charge in [-0.25, -0.2) is 28.3 Å². The largest absolute Gasteiger partial charge is 0.438 e. The van der Waals surface area contributed by atoms with Crippen LogP contribution in [0.4, 0.5) is 22.4 Å². The van der Waals surface area contributed by atoms with Crippen LogP contribution in [-0.4, -0.2) is 52.6 Å². The lowest BCUT2D eigenvalue weighted by Gasteiger charge is -2.15. The second-order valence-electron chi connectivity index (χ2n) is 8.39. The van der Waals surface area contributed by atoms with E-state index in [1.807, 2.05) is 0 Å². The number of ether oxygens (including phenoxy) is 1. The summed E-state index contributed by atoms with van der Waals surface area (Å²) in [7, 11) is 0. The molecule has 4 rings (SSSR count). The molecular weight excluding hydrogens is 585 g/mol. The highest BCUT2D eigenvalue weighted by atomic mass is 35.5. The van der Waals surface area contributed by atoms with E-state index in [0.29, 0.717) is 9.59 Å². The van der Waals surface area contributed by atoms with Gasteiger partial charge in [-0.3, -0.25) is 4.57 Å². The maximum atomic E-state index is 14.7. The number of aliphatic hydroxyl groups excluding tert-OH is 1. The van der Waals surface area contributed by atoms with E-state index in [4.69, 9.17) is 33.7 Å². The Morgan fingerprint density at radius 2 is 1.82 bits per heavy atom. The van der Waals surface area contributed by atoms with E-state index in [1.165, 1.54) is 43.3 Å². The monoisotopic (exact) mass is 603 g/mol. The Bertz CT molecular complexity index is 1580. The number of hydrogen-bond acceptors (Lipinski definition) is 7. The molecule has 2 unspecified atom stereocenters. The second kappa shape index (κ2) is 11.3. The van der Waals surface area contributed by atoms with Gasteiger partial charge in [0, 0.05) is 10.6 Å². The highest BCUT2D eigenvalue weighted by molar-refractivity contribution is 6.32. The molecule has 40 heavy (non-hydrogen) atoms. The third kappa shape index (κ3) is 6.11. The van der Waals surface area contributed by atoms with Gasteiger partial charge in [-0.2, -0.15) is 13.2 Å². The highest BCUT2D eigenvalue weighted by Crippen LogP contribution is 2.28. The topological polar surface area (TPSA) is 143 Å². The summed E-state index contributed by atoms with van der Waals surface area (Å²) < 4.78 is 61.4. The van der Waals surface area contributed by atoms with Crippen molar-refractivity contribution >= 4 is 29.3 Å². The van der Waals surface area contributed by atoms with Gasteiger partial charge in [0.1, 0.15) is 18.0 Å². The Labute approximate surface area is 232 Å². The number of para-hydroxylation sites is 1. The first-order valence-electron chi connectivity index (χ1n) is 11.3. The number of nitrogens with zero attached hydrogens (tertiary/aromatic N) is 6. The average Bonchev–Trinajstić information content (AvgIpc) is 3.40. The molecule has 3 N–H and O–H groups in total. The van der Waals surface area contributed by atoms with E-state index in [2.05, 4.69) is 15.2 Å². The molecule has 2 aromatic carbocycles. The number of carbonyl (C=O) groups excluding carboxylic acids is 1. The van der Waals surface area contributed by atoms with Crippen LogP contribution in [0.3, 0.4) is 0 Å². The van der Waals surface area contributed by atoms with Crippen molar-refractivity contribution in [2.75, 3.05) is 0 Å². The van der Waals surface area contributed by atoms with E-state index < -0.39 is 49.1 Å². The van der Waals surface area contributed by atoms with E-state index in [-0.39, 0.29) is 33.7 Å². The molecule has 0 saturated carbocycles. The van der Waals surface area contributed by atoms with Crippen LogP contribution in [0.1, 0.15) is 24.7 Å². The van der Waals surface area contributed by atoms with Crippen molar-refractivity contribution in [3.05, 3.63) is 80.5 Å². The van der Waals surface area contributed by atoms with Gasteiger partial charge in [-0.1, -0.05) is 29.3 Å². The van der Waals surface area contributed by atoms with Crippen LogP contribution in [0.25, 0.3) is 17.1 Å². The van der Waals surface area contributed by atoms with Gasteiger partial charge in [-0.15, -0.1) is 10.2 Å². The van der Waals surface area contributed by atoms with Gasteiger partial charge in [0.05, 0.1) is 11.6 Å². The minimum absolute atomic E-state index is 0.0726. The number of halogens is 6. The lowest BCUT2D eigenvalue weighted by atomic mass is 10.2. The van der Waals surface area contributed by atoms with Crippen LogP contribution in [0.5, 0.6) is 0 Å². The molecule has 0 aliphatic heterocycles. The summed E-state index contributed by atoms with van der Waals surface area (Å²) in [5, 5.41) is 18.2. The normalized spacial score (nSPS) is 13.3. The van der Waals surface area contributed by atoms with E-state index in [1.54, 1.807) is 0 Å². The summed E-state index contributed by atoms with van der Waals surface area (Å²) in [6, 6.07) is 9.57. The summed E-state index contributed by atoms with van der Waals surface area (Å²) in [5.41, 5.74) is 4.05. The molecule has 4 aromatic rings. The molecule has 2 heterocycles. The summed E-state index contributed by atoms with van der Waals surface area (Å²) in [6.45, 7) is -0.284. The fourth-order valence-electron chi connectivity index (χ4n) is 3.71. The Balaban J connectivity index is 1.82. The SMILES string of the molecule is CC(OC(N)=O)c1nc(Cn2nc(-c3ccc(Cl)cc3)n(CC(O)C(F)(F)F)c2=O)nn1-c1c(F)cccc1Cl. The Kier molecular flexibility index (Phi) is 8.18. The highest BCUT2D eigenvalue weighted by Gasteiger charge is 2.39. The fraction of sp³-hybridized carbons (Fsp3) is 0.261. The standard InChI is InChI=1S/C23H19Cl2F4N7O4/c1-11(40-21(30)38)19-31-17(32-36(19)18-14(25)3-2-4-15(18)26)10-35-22(39)34(9-16(37)23(27,28)29)20(33-35)12-5-7-13(24)8-6-12/h2-8,11,16,37H,9-10H2,1H3,(H2,30,38). The molecule has 0 bridgehead atoms. The van der Waals surface area contributed by atoms with Crippen molar-refractivity contribution in [1.82, 2.24) is 29.1 Å². The zero-order valence-corrected chi connectivity index (χ0v) is 21.8. The number of alkyl halides is 3. The van der Waals surface area contributed by atoms with Gasteiger partial charge in [0.2, 0.25) is 0 Å². The molecule has 0 aliphatic rings. The molecule has 2 aromatic heterocycles. The Morgan fingerprint density at radius 1 is 1.15 bits per heavy atom.